The summed E-state index contributed by atoms with van der Waals surface area (Å²) in [4.78, 5) is 1.26. The summed E-state index contributed by atoms with van der Waals surface area (Å²) in [5.41, 5.74) is 2.13. The summed E-state index contributed by atoms with van der Waals surface area (Å²) in [7, 11) is 3.23. The molecule has 0 aliphatic rings. The summed E-state index contributed by atoms with van der Waals surface area (Å²) in [6, 6.07) is 14.1. The molecule has 6 heteroatoms. The molecule has 2 aromatic carbocycles. The molecular weight excluding hydrogens is 340 g/mol. The smallest absolute Gasteiger partial charge is 0.170 e. The second-order valence-electron chi connectivity index (χ2n) is 5.11. The van der Waals surface area contributed by atoms with Gasteiger partial charge in [-0.3, -0.25) is 0 Å². The predicted octanol–water partition coefficient (Wildman–Crippen LogP) is 4.09. The maximum absolute atomic E-state index is 5.32. The van der Waals surface area contributed by atoms with Gasteiger partial charge in [-0.1, -0.05) is 17.7 Å². The van der Waals surface area contributed by atoms with Gasteiger partial charge in [-0.15, -0.1) is 11.8 Å². The molecule has 0 saturated carbocycles. The van der Waals surface area contributed by atoms with E-state index in [1.807, 2.05) is 18.2 Å². The average Bonchev–Trinajstić information content (AvgIpc) is 2.60. The predicted molar refractivity (Wildman–Crippen MR) is 106 cm³/mol. The lowest BCUT2D eigenvalue weighted by atomic mass is 10.2. The number of methoxy groups -OCH3 is 2. The third kappa shape index (κ3) is 5.62. The summed E-state index contributed by atoms with van der Waals surface area (Å²) in [5.74, 6) is 2.30. The van der Waals surface area contributed by atoms with Gasteiger partial charge in [-0.2, -0.15) is 0 Å². The minimum Gasteiger partial charge on any atom is -0.493 e. The highest BCUT2D eigenvalue weighted by Crippen LogP contribution is 2.29. The van der Waals surface area contributed by atoms with Gasteiger partial charge in [-0.05, 0) is 43.4 Å². The summed E-state index contributed by atoms with van der Waals surface area (Å²) >= 11 is 7.12. The average molecular weight is 363 g/mol. The molecular formula is C18H22N2O2S2. The zero-order valence-electron chi connectivity index (χ0n) is 14.1. The van der Waals surface area contributed by atoms with Crippen molar-refractivity contribution in [2.75, 3.05) is 31.8 Å². The molecule has 0 saturated heterocycles. The van der Waals surface area contributed by atoms with Gasteiger partial charge in [0.2, 0.25) is 0 Å². The molecule has 2 N–H and O–H groups in total. The van der Waals surface area contributed by atoms with Crippen LogP contribution in [0.3, 0.4) is 0 Å². The Morgan fingerprint density at radius 3 is 2.42 bits per heavy atom. The van der Waals surface area contributed by atoms with E-state index in [1.165, 1.54) is 10.5 Å². The molecule has 0 spiro atoms. The monoisotopic (exact) mass is 362 g/mol. The second-order valence-corrected chi connectivity index (χ2v) is 6.69. The maximum Gasteiger partial charge on any atom is 0.170 e. The SMILES string of the molecule is COc1ccc(NC(=S)NCCSc2ccc(C)cc2)cc1OC. The van der Waals surface area contributed by atoms with Crippen molar-refractivity contribution in [1.29, 1.82) is 0 Å². The molecule has 0 bridgehead atoms. The number of ether oxygens (including phenoxy) is 2. The Morgan fingerprint density at radius 1 is 1.04 bits per heavy atom. The molecule has 0 fully saturated rings. The molecule has 0 aliphatic heterocycles. The Morgan fingerprint density at radius 2 is 1.75 bits per heavy atom. The number of thiocarbonyl (C=S) groups is 1. The quantitative estimate of drug-likeness (QED) is 0.439. The van der Waals surface area contributed by atoms with Crippen LogP contribution in [0.25, 0.3) is 0 Å². The minimum atomic E-state index is 0.590. The van der Waals surface area contributed by atoms with Crippen LogP contribution >= 0.6 is 24.0 Å². The number of thioether (sulfide) groups is 1. The van der Waals surface area contributed by atoms with E-state index in [4.69, 9.17) is 21.7 Å². The summed E-state index contributed by atoms with van der Waals surface area (Å²) in [6.07, 6.45) is 0. The van der Waals surface area contributed by atoms with E-state index >= 15 is 0 Å². The van der Waals surface area contributed by atoms with Gasteiger partial charge in [0.05, 0.1) is 14.2 Å². The van der Waals surface area contributed by atoms with Crippen LogP contribution in [0.5, 0.6) is 11.5 Å². The highest BCUT2D eigenvalue weighted by molar-refractivity contribution is 7.99. The van der Waals surface area contributed by atoms with E-state index in [2.05, 4.69) is 41.8 Å². The molecule has 0 radical (unpaired) electrons. The van der Waals surface area contributed by atoms with Gasteiger partial charge < -0.3 is 20.1 Å². The highest BCUT2D eigenvalue weighted by atomic mass is 32.2. The van der Waals surface area contributed by atoms with E-state index in [1.54, 1.807) is 26.0 Å². The van der Waals surface area contributed by atoms with Crippen molar-refractivity contribution >= 4 is 34.8 Å². The van der Waals surface area contributed by atoms with Crippen LogP contribution in [-0.2, 0) is 0 Å². The zero-order chi connectivity index (χ0) is 17.4. The fourth-order valence-corrected chi connectivity index (χ4v) is 3.05. The normalized spacial score (nSPS) is 10.1. The molecule has 0 heterocycles. The van der Waals surface area contributed by atoms with Gasteiger partial charge in [0, 0.05) is 28.9 Å². The van der Waals surface area contributed by atoms with Crippen molar-refractivity contribution in [3.8, 4) is 11.5 Å². The Kier molecular flexibility index (Phi) is 7.21. The largest absolute Gasteiger partial charge is 0.493 e. The van der Waals surface area contributed by atoms with Gasteiger partial charge >= 0.3 is 0 Å². The van der Waals surface area contributed by atoms with Crippen LogP contribution in [0.4, 0.5) is 5.69 Å². The molecule has 128 valence electrons. The second kappa shape index (κ2) is 9.39. The molecule has 2 rings (SSSR count). The highest BCUT2D eigenvalue weighted by Gasteiger charge is 2.05. The molecule has 4 nitrogen and oxygen atoms in total. The molecule has 0 aromatic heterocycles. The minimum absolute atomic E-state index is 0.590. The molecule has 0 unspecified atom stereocenters. The van der Waals surface area contributed by atoms with Crippen LogP contribution in [0.15, 0.2) is 47.4 Å². The number of hydrogen-bond donors (Lipinski definition) is 2. The van der Waals surface area contributed by atoms with Crippen molar-refractivity contribution in [1.82, 2.24) is 5.32 Å². The Labute approximate surface area is 152 Å². The van der Waals surface area contributed by atoms with E-state index < -0.39 is 0 Å². The first-order chi connectivity index (χ1) is 11.6. The number of rotatable bonds is 7. The summed E-state index contributed by atoms with van der Waals surface area (Å²) < 4.78 is 10.5. The lowest BCUT2D eigenvalue weighted by Gasteiger charge is -2.13. The van der Waals surface area contributed by atoms with Crippen LogP contribution in [0, 0.1) is 6.92 Å². The van der Waals surface area contributed by atoms with Gasteiger partial charge in [0.1, 0.15) is 0 Å². The Bertz CT molecular complexity index is 675. The Hall–Kier alpha value is -1.92. The number of anilines is 1. The summed E-state index contributed by atoms with van der Waals surface area (Å²) in [5, 5.41) is 6.95. The summed E-state index contributed by atoms with van der Waals surface area (Å²) in [6.45, 7) is 2.88. The van der Waals surface area contributed by atoms with Crippen LogP contribution in [0.2, 0.25) is 0 Å². The first-order valence-electron chi connectivity index (χ1n) is 7.58. The Balaban J connectivity index is 1.76. The van der Waals surface area contributed by atoms with E-state index in [-0.39, 0.29) is 0 Å². The molecule has 0 amide bonds. The van der Waals surface area contributed by atoms with E-state index in [9.17, 15) is 0 Å². The molecule has 24 heavy (non-hydrogen) atoms. The van der Waals surface area contributed by atoms with Crippen LogP contribution < -0.4 is 20.1 Å². The number of benzene rings is 2. The first kappa shape index (κ1) is 18.4. The molecule has 2 aromatic rings. The zero-order valence-corrected chi connectivity index (χ0v) is 15.7. The van der Waals surface area contributed by atoms with Gasteiger partial charge in [-0.25, -0.2) is 0 Å². The van der Waals surface area contributed by atoms with Crippen molar-refractivity contribution < 1.29 is 9.47 Å². The lowest BCUT2D eigenvalue weighted by Crippen LogP contribution is -2.30. The van der Waals surface area contributed by atoms with Gasteiger partial charge in [0.15, 0.2) is 16.6 Å². The van der Waals surface area contributed by atoms with Crippen molar-refractivity contribution in [2.24, 2.45) is 0 Å². The van der Waals surface area contributed by atoms with E-state index in [0.29, 0.717) is 16.6 Å². The first-order valence-corrected chi connectivity index (χ1v) is 8.98. The number of aryl methyl sites for hydroxylation is 1. The van der Waals surface area contributed by atoms with Crippen molar-refractivity contribution in [3.05, 3.63) is 48.0 Å². The fourth-order valence-electron chi connectivity index (χ4n) is 2.06. The molecule has 0 aliphatic carbocycles. The van der Waals surface area contributed by atoms with Crippen molar-refractivity contribution in [3.63, 3.8) is 0 Å². The van der Waals surface area contributed by atoms with Gasteiger partial charge in [0.25, 0.3) is 0 Å². The topological polar surface area (TPSA) is 42.5 Å². The van der Waals surface area contributed by atoms with E-state index in [0.717, 1.165) is 18.0 Å². The third-order valence-corrected chi connectivity index (χ3v) is 4.58. The maximum atomic E-state index is 5.32. The third-order valence-electron chi connectivity index (χ3n) is 3.32. The van der Waals surface area contributed by atoms with Crippen LogP contribution in [-0.4, -0.2) is 31.6 Å². The van der Waals surface area contributed by atoms with Crippen molar-refractivity contribution in [2.45, 2.75) is 11.8 Å². The lowest BCUT2D eigenvalue weighted by molar-refractivity contribution is 0.355. The number of hydrogen-bond acceptors (Lipinski definition) is 4. The van der Waals surface area contributed by atoms with Crippen LogP contribution in [0.1, 0.15) is 5.56 Å². The standard InChI is InChI=1S/C18H22N2O2S2/c1-13-4-7-15(8-5-13)24-11-10-19-18(23)20-14-6-9-16(21-2)17(12-14)22-3/h4-9,12H,10-11H2,1-3H3,(H2,19,20,23). The number of nitrogens with one attached hydrogen (secondary N) is 2. The molecule has 0 atom stereocenters. The fraction of sp³-hybridized carbons (Fsp3) is 0.278.